The van der Waals surface area contributed by atoms with E-state index in [0.717, 1.165) is 18.2 Å². The third-order valence-corrected chi connectivity index (χ3v) is 2.82. The van der Waals surface area contributed by atoms with Crippen LogP contribution in [0.25, 0.3) is 0 Å². The average molecular weight is 250 g/mol. The largest absolute Gasteiger partial charge is 0.232 e. The lowest BCUT2D eigenvalue weighted by Gasteiger charge is -1.94. The van der Waals surface area contributed by atoms with Gasteiger partial charge in [-0.05, 0) is 12.8 Å². The summed E-state index contributed by atoms with van der Waals surface area (Å²) in [6.07, 6.45) is 2.58. The second-order valence-corrected chi connectivity index (χ2v) is 5.68. The predicted octanol–water partition coefficient (Wildman–Crippen LogP) is 2.12. The van der Waals surface area contributed by atoms with Gasteiger partial charge < -0.3 is 0 Å². The predicted molar refractivity (Wildman–Crippen MR) is 47.3 cm³/mol. The van der Waals surface area contributed by atoms with Crippen molar-refractivity contribution in [1.29, 1.82) is 0 Å². The first kappa shape index (κ1) is 10.7. The van der Waals surface area contributed by atoms with Crippen molar-refractivity contribution < 1.29 is 8.42 Å². The van der Waals surface area contributed by atoms with E-state index in [9.17, 15) is 8.42 Å². The van der Waals surface area contributed by atoms with Gasteiger partial charge in [-0.2, -0.15) is 0 Å². The molecule has 0 aliphatic rings. The highest BCUT2D eigenvalue weighted by molar-refractivity contribution is 9.09. The summed E-state index contributed by atoms with van der Waals surface area (Å²) in [4.78, 5) is 0. The fourth-order valence-corrected chi connectivity index (χ4v) is 1.82. The van der Waals surface area contributed by atoms with Gasteiger partial charge in [-0.3, -0.25) is 0 Å². The van der Waals surface area contributed by atoms with Crippen LogP contribution >= 0.6 is 26.6 Å². The van der Waals surface area contributed by atoms with E-state index in [1.54, 1.807) is 0 Å². The van der Waals surface area contributed by atoms with Crippen LogP contribution in [0.5, 0.6) is 0 Å². The first-order valence-corrected chi connectivity index (χ1v) is 6.64. The van der Waals surface area contributed by atoms with Crippen LogP contribution in [0.2, 0.25) is 0 Å². The van der Waals surface area contributed by atoms with Gasteiger partial charge in [0.2, 0.25) is 9.05 Å². The summed E-state index contributed by atoms with van der Waals surface area (Å²) < 4.78 is 20.7. The summed E-state index contributed by atoms with van der Waals surface area (Å²) in [5.74, 6) is 0.0988. The molecule has 0 amide bonds. The molecule has 0 fully saturated rings. The van der Waals surface area contributed by atoms with Crippen molar-refractivity contribution in [3.63, 3.8) is 0 Å². The SMILES string of the molecule is O=S(=O)(Cl)CCCCCBr. The van der Waals surface area contributed by atoms with Gasteiger partial charge in [0, 0.05) is 16.0 Å². The minimum absolute atomic E-state index is 0.0988. The fourth-order valence-electron chi connectivity index (χ4n) is 0.546. The molecule has 2 nitrogen and oxygen atoms in total. The van der Waals surface area contributed by atoms with Crippen LogP contribution in [-0.4, -0.2) is 19.5 Å². The average Bonchev–Trinajstić information content (AvgIpc) is 1.78. The van der Waals surface area contributed by atoms with Crippen molar-refractivity contribution in [2.45, 2.75) is 19.3 Å². The number of hydrogen-bond acceptors (Lipinski definition) is 2. The number of alkyl halides is 1. The molecular weight excluding hydrogens is 239 g/mol. The molecule has 62 valence electrons. The van der Waals surface area contributed by atoms with Crippen LogP contribution in [0.3, 0.4) is 0 Å². The minimum Gasteiger partial charge on any atom is -0.212 e. The van der Waals surface area contributed by atoms with Crippen molar-refractivity contribution in [1.82, 2.24) is 0 Å². The van der Waals surface area contributed by atoms with E-state index < -0.39 is 9.05 Å². The Bertz CT molecular complexity index is 166. The van der Waals surface area contributed by atoms with Crippen molar-refractivity contribution in [2.24, 2.45) is 0 Å². The van der Waals surface area contributed by atoms with Crippen LogP contribution in [0.1, 0.15) is 19.3 Å². The lowest BCUT2D eigenvalue weighted by atomic mass is 10.3. The second-order valence-electron chi connectivity index (χ2n) is 1.99. The van der Waals surface area contributed by atoms with Crippen LogP contribution in [0.15, 0.2) is 0 Å². The summed E-state index contributed by atoms with van der Waals surface area (Å²) >= 11 is 3.25. The summed E-state index contributed by atoms with van der Waals surface area (Å²) in [6.45, 7) is 0. The molecule has 0 atom stereocenters. The molecule has 0 aromatic heterocycles. The molecule has 0 saturated carbocycles. The Hall–Kier alpha value is 0.720. The van der Waals surface area contributed by atoms with Gasteiger partial charge in [-0.25, -0.2) is 8.42 Å². The highest BCUT2D eigenvalue weighted by Gasteiger charge is 2.02. The Morgan fingerprint density at radius 1 is 1.20 bits per heavy atom. The van der Waals surface area contributed by atoms with Crippen molar-refractivity contribution in [3.8, 4) is 0 Å². The third kappa shape index (κ3) is 8.72. The van der Waals surface area contributed by atoms with E-state index in [1.165, 1.54) is 0 Å². The van der Waals surface area contributed by atoms with Gasteiger partial charge in [0.15, 0.2) is 0 Å². The van der Waals surface area contributed by atoms with E-state index >= 15 is 0 Å². The summed E-state index contributed by atoms with van der Waals surface area (Å²) in [6, 6.07) is 0. The normalized spacial score (nSPS) is 11.8. The van der Waals surface area contributed by atoms with Crippen molar-refractivity contribution >= 4 is 35.7 Å². The van der Waals surface area contributed by atoms with E-state index in [1.807, 2.05) is 0 Å². The van der Waals surface area contributed by atoms with Gasteiger partial charge in [-0.15, -0.1) is 0 Å². The molecule has 0 aliphatic carbocycles. The highest BCUT2D eigenvalue weighted by Crippen LogP contribution is 2.04. The zero-order valence-electron chi connectivity index (χ0n) is 5.52. The van der Waals surface area contributed by atoms with Crippen LogP contribution in [-0.2, 0) is 9.05 Å². The molecule has 10 heavy (non-hydrogen) atoms. The van der Waals surface area contributed by atoms with Crippen LogP contribution < -0.4 is 0 Å². The van der Waals surface area contributed by atoms with Gasteiger partial charge >= 0.3 is 0 Å². The number of unbranched alkanes of at least 4 members (excludes halogenated alkanes) is 2. The molecule has 0 heterocycles. The highest BCUT2D eigenvalue weighted by atomic mass is 79.9. The standard InChI is InChI=1S/C5H10BrClO2S/c6-4-2-1-3-5-10(7,8)9/h1-5H2. The minimum atomic E-state index is -3.25. The molecule has 0 rings (SSSR count). The maximum atomic E-state index is 10.3. The van der Waals surface area contributed by atoms with Crippen molar-refractivity contribution in [3.05, 3.63) is 0 Å². The monoisotopic (exact) mass is 248 g/mol. The number of halogens is 2. The molecular formula is C5H10BrClO2S. The van der Waals surface area contributed by atoms with Gasteiger partial charge in [-0.1, -0.05) is 22.4 Å². The third-order valence-electron chi connectivity index (χ3n) is 1.02. The Morgan fingerprint density at radius 3 is 2.20 bits per heavy atom. The molecule has 0 N–H and O–H groups in total. The van der Waals surface area contributed by atoms with E-state index in [4.69, 9.17) is 10.7 Å². The smallest absolute Gasteiger partial charge is 0.212 e. The number of rotatable bonds is 5. The first-order valence-electron chi connectivity index (χ1n) is 3.04. The zero-order chi connectivity index (χ0) is 8.04. The van der Waals surface area contributed by atoms with E-state index in [2.05, 4.69) is 15.9 Å². The number of hydrogen-bond donors (Lipinski definition) is 0. The molecule has 5 heteroatoms. The summed E-state index contributed by atoms with van der Waals surface area (Å²) in [5.41, 5.74) is 0. The first-order chi connectivity index (χ1) is 4.56. The second kappa shape index (κ2) is 5.38. The topological polar surface area (TPSA) is 34.1 Å². The molecule has 0 saturated heterocycles. The Labute approximate surface area is 74.5 Å². The van der Waals surface area contributed by atoms with E-state index in [-0.39, 0.29) is 5.75 Å². The molecule has 0 radical (unpaired) electrons. The van der Waals surface area contributed by atoms with Crippen molar-refractivity contribution in [2.75, 3.05) is 11.1 Å². The lowest BCUT2D eigenvalue weighted by molar-refractivity contribution is 0.604. The molecule has 0 aliphatic heterocycles. The maximum Gasteiger partial charge on any atom is 0.232 e. The lowest BCUT2D eigenvalue weighted by Crippen LogP contribution is -1.96. The maximum absolute atomic E-state index is 10.3. The molecule has 0 aromatic carbocycles. The summed E-state index contributed by atoms with van der Waals surface area (Å²) in [7, 11) is 1.72. The Balaban J connectivity index is 3.21. The Morgan fingerprint density at radius 2 is 1.80 bits per heavy atom. The summed E-state index contributed by atoms with van der Waals surface area (Å²) in [5, 5.41) is 0.926. The van der Waals surface area contributed by atoms with Crippen LogP contribution in [0, 0.1) is 0 Å². The molecule has 0 bridgehead atoms. The molecule has 0 aromatic rings. The van der Waals surface area contributed by atoms with Gasteiger partial charge in [0.25, 0.3) is 0 Å². The Kier molecular flexibility index (Phi) is 5.77. The van der Waals surface area contributed by atoms with Gasteiger partial charge in [0.1, 0.15) is 0 Å². The molecule has 0 unspecified atom stereocenters. The fraction of sp³-hybridized carbons (Fsp3) is 1.00. The quantitative estimate of drug-likeness (QED) is 0.425. The molecule has 0 spiro atoms. The van der Waals surface area contributed by atoms with Gasteiger partial charge in [0.05, 0.1) is 5.75 Å². The zero-order valence-corrected chi connectivity index (χ0v) is 8.67. The van der Waals surface area contributed by atoms with E-state index in [0.29, 0.717) is 6.42 Å². The van der Waals surface area contributed by atoms with Crippen LogP contribution in [0.4, 0.5) is 0 Å².